The summed E-state index contributed by atoms with van der Waals surface area (Å²) in [6.45, 7) is 2.13. The van der Waals surface area contributed by atoms with E-state index in [1.807, 2.05) is 26.0 Å². The van der Waals surface area contributed by atoms with Gasteiger partial charge in [-0.05, 0) is 49.5 Å². The molecular formula is C17H23N9O. The number of aromatic nitrogens is 7. The van der Waals surface area contributed by atoms with E-state index in [2.05, 4.69) is 35.2 Å². The third kappa shape index (κ3) is 3.39. The fraction of sp³-hybridized carbons (Fsp3) is 0.529. The lowest BCUT2D eigenvalue weighted by Gasteiger charge is -2.32. The number of hydrogen-bond acceptors (Lipinski definition) is 7. The molecule has 0 aromatic carbocycles. The number of nitrogens with zero attached hydrogens (tertiary/aromatic N) is 9. The van der Waals surface area contributed by atoms with Crippen LogP contribution in [0.3, 0.4) is 0 Å². The van der Waals surface area contributed by atoms with Gasteiger partial charge in [-0.2, -0.15) is 0 Å². The summed E-state index contributed by atoms with van der Waals surface area (Å²) in [6.07, 6.45) is 3.66. The van der Waals surface area contributed by atoms with Gasteiger partial charge in [-0.3, -0.25) is 4.79 Å². The first-order valence-corrected chi connectivity index (χ1v) is 9.03. The molecule has 1 aliphatic rings. The molecule has 1 aliphatic heterocycles. The largest absolute Gasteiger partial charge is 0.338 e. The van der Waals surface area contributed by atoms with Crippen molar-refractivity contribution in [3.05, 3.63) is 35.5 Å². The van der Waals surface area contributed by atoms with Crippen molar-refractivity contribution in [2.75, 3.05) is 27.2 Å². The average molecular weight is 369 g/mol. The molecule has 1 fully saturated rings. The van der Waals surface area contributed by atoms with Crippen LogP contribution in [-0.2, 0) is 13.6 Å². The van der Waals surface area contributed by atoms with Crippen molar-refractivity contribution in [3.8, 4) is 0 Å². The Hall–Kier alpha value is -2.88. The summed E-state index contributed by atoms with van der Waals surface area (Å²) in [6, 6.07) is 3.48. The quantitative estimate of drug-likeness (QED) is 0.654. The van der Waals surface area contributed by atoms with Crippen LogP contribution in [0, 0.1) is 0 Å². The number of likely N-dealkylation sites (tertiary alicyclic amines) is 1. The van der Waals surface area contributed by atoms with Crippen molar-refractivity contribution in [1.29, 1.82) is 0 Å². The van der Waals surface area contributed by atoms with E-state index in [-0.39, 0.29) is 11.8 Å². The monoisotopic (exact) mass is 369 g/mol. The highest BCUT2D eigenvalue weighted by Gasteiger charge is 2.29. The molecule has 0 spiro atoms. The Bertz CT molecular complexity index is 960. The van der Waals surface area contributed by atoms with E-state index in [1.54, 1.807) is 22.8 Å². The van der Waals surface area contributed by atoms with Crippen LogP contribution in [0.15, 0.2) is 18.3 Å². The zero-order valence-electron chi connectivity index (χ0n) is 15.8. The van der Waals surface area contributed by atoms with Crippen LogP contribution in [-0.4, -0.2) is 77.7 Å². The van der Waals surface area contributed by atoms with Gasteiger partial charge in [0.1, 0.15) is 11.6 Å². The van der Waals surface area contributed by atoms with Gasteiger partial charge in [-0.25, -0.2) is 4.52 Å². The molecule has 0 saturated carbocycles. The lowest BCUT2D eigenvalue weighted by molar-refractivity contribution is 0.0703. The van der Waals surface area contributed by atoms with Gasteiger partial charge >= 0.3 is 0 Å². The molecule has 0 bridgehead atoms. The summed E-state index contributed by atoms with van der Waals surface area (Å²) in [7, 11) is 6.02. The van der Waals surface area contributed by atoms with Gasteiger partial charge in [0.15, 0.2) is 5.65 Å². The summed E-state index contributed by atoms with van der Waals surface area (Å²) in [4.78, 5) is 16.9. The number of fused-ring (bicyclic) bond motifs is 1. The first-order valence-electron chi connectivity index (χ1n) is 9.03. The van der Waals surface area contributed by atoms with Crippen LogP contribution >= 0.6 is 0 Å². The molecular weight excluding hydrogens is 346 g/mol. The summed E-state index contributed by atoms with van der Waals surface area (Å²) in [5.41, 5.74) is 1.17. The minimum Gasteiger partial charge on any atom is -0.338 e. The number of hydrogen-bond donors (Lipinski definition) is 0. The van der Waals surface area contributed by atoms with Gasteiger partial charge < -0.3 is 14.4 Å². The number of piperidine rings is 1. The SMILES string of the molecule is CN(C)Cc1nnc([C@H]2CCCN(C(=O)c3ccn4nnnc4c3)C2)n1C. The third-order valence-electron chi connectivity index (χ3n) is 4.98. The predicted octanol–water partition coefficient (Wildman–Crippen LogP) is 0.334. The van der Waals surface area contributed by atoms with Crippen molar-refractivity contribution >= 4 is 11.6 Å². The maximum Gasteiger partial charge on any atom is 0.254 e. The van der Waals surface area contributed by atoms with E-state index in [0.717, 1.165) is 37.6 Å². The first kappa shape index (κ1) is 17.5. The number of rotatable bonds is 4. The molecule has 4 heterocycles. The maximum atomic E-state index is 13.0. The van der Waals surface area contributed by atoms with Crippen LogP contribution in [0.25, 0.3) is 5.65 Å². The molecule has 3 aromatic rings. The van der Waals surface area contributed by atoms with Crippen LogP contribution in [0.1, 0.15) is 40.8 Å². The van der Waals surface area contributed by atoms with Gasteiger partial charge in [-0.15, -0.1) is 15.3 Å². The highest BCUT2D eigenvalue weighted by Crippen LogP contribution is 2.27. The molecule has 27 heavy (non-hydrogen) atoms. The number of pyridine rings is 1. The topological polar surface area (TPSA) is 97.3 Å². The number of carbonyl (C=O) groups excluding carboxylic acids is 1. The van der Waals surface area contributed by atoms with Crippen molar-refractivity contribution in [2.24, 2.45) is 7.05 Å². The molecule has 0 aliphatic carbocycles. The lowest BCUT2D eigenvalue weighted by Crippen LogP contribution is -2.39. The molecule has 0 unspecified atom stereocenters. The number of amides is 1. The Morgan fingerprint density at radius 2 is 2.15 bits per heavy atom. The highest BCUT2D eigenvalue weighted by molar-refractivity contribution is 5.95. The van der Waals surface area contributed by atoms with Gasteiger partial charge in [0.25, 0.3) is 5.91 Å². The standard InChI is InChI=1S/C17H23N9O/c1-23(2)11-15-18-20-16(24(15)3)13-5-4-7-25(10-13)17(27)12-6-8-26-14(9-12)19-21-22-26/h6,8-9,13H,4-5,7,10-11H2,1-3H3/t13-/m0/s1. The summed E-state index contributed by atoms with van der Waals surface area (Å²) in [5.74, 6) is 2.07. The summed E-state index contributed by atoms with van der Waals surface area (Å²) < 4.78 is 3.61. The molecule has 142 valence electrons. The van der Waals surface area contributed by atoms with Crippen molar-refractivity contribution in [1.82, 2.24) is 44.6 Å². The van der Waals surface area contributed by atoms with Crippen LogP contribution in [0.5, 0.6) is 0 Å². The first-order chi connectivity index (χ1) is 13.0. The van der Waals surface area contributed by atoms with E-state index in [9.17, 15) is 4.79 Å². The molecule has 4 rings (SSSR count). The Balaban J connectivity index is 1.52. The van der Waals surface area contributed by atoms with Crippen molar-refractivity contribution in [2.45, 2.75) is 25.3 Å². The van der Waals surface area contributed by atoms with Gasteiger partial charge in [-0.1, -0.05) is 0 Å². The molecule has 1 atom stereocenters. The Labute approximate surface area is 156 Å². The minimum atomic E-state index is 0.000818. The Morgan fingerprint density at radius 1 is 1.30 bits per heavy atom. The average Bonchev–Trinajstić information content (AvgIpc) is 3.27. The predicted molar refractivity (Wildman–Crippen MR) is 97.1 cm³/mol. The van der Waals surface area contributed by atoms with Crippen molar-refractivity contribution in [3.63, 3.8) is 0 Å². The minimum absolute atomic E-state index is 0.000818. The molecule has 0 radical (unpaired) electrons. The van der Waals surface area contributed by atoms with E-state index in [0.29, 0.717) is 17.8 Å². The summed E-state index contributed by atoms with van der Waals surface area (Å²) in [5, 5.41) is 20.1. The van der Waals surface area contributed by atoms with Gasteiger partial charge in [0, 0.05) is 37.8 Å². The molecule has 3 aromatic heterocycles. The number of tetrazole rings is 1. The van der Waals surface area contributed by atoms with Crippen LogP contribution < -0.4 is 0 Å². The second-order valence-electron chi connectivity index (χ2n) is 7.26. The van der Waals surface area contributed by atoms with Gasteiger partial charge in [0.05, 0.1) is 6.54 Å². The second-order valence-corrected chi connectivity index (χ2v) is 7.26. The normalized spacial score (nSPS) is 17.8. The maximum absolute atomic E-state index is 13.0. The number of carbonyl (C=O) groups is 1. The molecule has 10 heteroatoms. The Kier molecular flexibility index (Phi) is 4.56. The van der Waals surface area contributed by atoms with Crippen LogP contribution in [0.4, 0.5) is 0 Å². The Morgan fingerprint density at radius 3 is 2.96 bits per heavy atom. The van der Waals surface area contributed by atoms with Crippen LogP contribution in [0.2, 0.25) is 0 Å². The molecule has 10 nitrogen and oxygen atoms in total. The highest BCUT2D eigenvalue weighted by atomic mass is 16.2. The molecule has 1 amide bonds. The molecule has 1 saturated heterocycles. The van der Waals surface area contributed by atoms with Crippen molar-refractivity contribution < 1.29 is 4.79 Å². The van der Waals surface area contributed by atoms with E-state index in [1.165, 1.54) is 0 Å². The van der Waals surface area contributed by atoms with E-state index < -0.39 is 0 Å². The fourth-order valence-electron chi connectivity index (χ4n) is 3.58. The summed E-state index contributed by atoms with van der Waals surface area (Å²) >= 11 is 0. The van der Waals surface area contributed by atoms with E-state index >= 15 is 0 Å². The second kappa shape index (κ2) is 7.03. The zero-order valence-corrected chi connectivity index (χ0v) is 15.8. The molecule has 0 N–H and O–H groups in total. The fourth-order valence-corrected chi connectivity index (χ4v) is 3.58. The smallest absolute Gasteiger partial charge is 0.254 e. The van der Waals surface area contributed by atoms with Gasteiger partial charge in [0.2, 0.25) is 0 Å². The third-order valence-corrected chi connectivity index (χ3v) is 4.98. The lowest BCUT2D eigenvalue weighted by atomic mass is 9.96. The van der Waals surface area contributed by atoms with E-state index in [4.69, 9.17) is 0 Å². The zero-order chi connectivity index (χ0) is 19.0.